The number of halogens is 1. The van der Waals surface area contributed by atoms with E-state index in [0.29, 0.717) is 5.56 Å². The van der Waals surface area contributed by atoms with Gasteiger partial charge in [-0.3, -0.25) is 9.59 Å². The van der Waals surface area contributed by atoms with E-state index in [9.17, 15) is 9.59 Å². The SMILES string of the molecule is O=C(NC1CC2(CCCC2)Oc2ccccc21)c1c[nH]c(=O)c(Cl)c1. The van der Waals surface area contributed by atoms with Crippen LogP contribution in [-0.2, 0) is 0 Å². The zero-order valence-electron chi connectivity index (χ0n) is 13.7. The lowest BCUT2D eigenvalue weighted by atomic mass is 9.86. The molecular formula is C19H19ClN2O3. The van der Waals surface area contributed by atoms with Gasteiger partial charge in [-0.25, -0.2) is 0 Å². The number of nitrogens with one attached hydrogen (secondary N) is 2. The zero-order valence-corrected chi connectivity index (χ0v) is 14.4. The number of carbonyl (C=O) groups is 1. The summed E-state index contributed by atoms with van der Waals surface area (Å²) in [4.78, 5) is 26.5. The van der Waals surface area contributed by atoms with Crippen LogP contribution in [0.25, 0.3) is 0 Å². The lowest BCUT2D eigenvalue weighted by Crippen LogP contribution is -2.43. The topological polar surface area (TPSA) is 71.2 Å². The molecule has 1 spiro atoms. The number of hydrogen-bond donors (Lipinski definition) is 2. The Hall–Kier alpha value is -2.27. The van der Waals surface area contributed by atoms with Gasteiger partial charge in [-0.15, -0.1) is 0 Å². The van der Waals surface area contributed by atoms with Crippen LogP contribution >= 0.6 is 11.6 Å². The number of aromatic amines is 1. The van der Waals surface area contributed by atoms with Crippen molar-refractivity contribution in [3.05, 3.63) is 63.0 Å². The quantitative estimate of drug-likeness (QED) is 0.861. The molecular weight excluding hydrogens is 340 g/mol. The van der Waals surface area contributed by atoms with Crippen LogP contribution in [0.3, 0.4) is 0 Å². The van der Waals surface area contributed by atoms with Crippen LogP contribution in [0.2, 0.25) is 5.02 Å². The molecule has 2 N–H and O–H groups in total. The molecule has 130 valence electrons. The number of para-hydroxylation sites is 1. The molecule has 2 aromatic rings. The third-order valence-electron chi connectivity index (χ3n) is 5.14. The van der Waals surface area contributed by atoms with Gasteiger partial charge in [0.15, 0.2) is 0 Å². The Balaban J connectivity index is 1.63. The first-order chi connectivity index (χ1) is 12.1. The van der Waals surface area contributed by atoms with Crippen molar-refractivity contribution in [2.45, 2.75) is 43.7 Å². The molecule has 0 saturated heterocycles. The lowest BCUT2D eigenvalue weighted by Gasteiger charge is -2.40. The minimum atomic E-state index is -0.403. The molecule has 1 saturated carbocycles. The minimum Gasteiger partial charge on any atom is -0.487 e. The summed E-state index contributed by atoms with van der Waals surface area (Å²) in [7, 11) is 0. The monoisotopic (exact) mass is 358 g/mol. The van der Waals surface area contributed by atoms with E-state index >= 15 is 0 Å². The number of H-pyrrole nitrogens is 1. The first-order valence-corrected chi connectivity index (χ1v) is 8.91. The summed E-state index contributed by atoms with van der Waals surface area (Å²) in [6.45, 7) is 0. The van der Waals surface area contributed by atoms with E-state index in [1.807, 2.05) is 24.3 Å². The second-order valence-corrected chi connectivity index (χ2v) is 7.23. The maximum atomic E-state index is 12.7. The van der Waals surface area contributed by atoms with Crippen molar-refractivity contribution in [1.29, 1.82) is 0 Å². The highest BCUT2D eigenvalue weighted by atomic mass is 35.5. The third-order valence-corrected chi connectivity index (χ3v) is 5.42. The summed E-state index contributed by atoms with van der Waals surface area (Å²) in [5, 5.41) is 3.10. The van der Waals surface area contributed by atoms with Gasteiger partial charge in [0, 0.05) is 18.2 Å². The number of amides is 1. The van der Waals surface area contributed by atoms with Crippen LogP contribution in [-0.4, -0.2) is 16.5 Å². The number of pyridine rings is 1. The van der Waals surface area contributed by atoms with Gasteiger partial charge in [0.1, 0.15) is 16.4 Å². The van der Waals surface area contributed by atoms with Gasteiger partial charge in [-0.1, -0.05) is 29.8 Å². The highest BCUT2D eigenvalue weighted by Gasteiger charge is 2.43. The van der Waals surface area contributed by atoms with Crippen LogP contribution in [0.1, 0.15) is 54.1 Å². The summed E-state index contributed by atoms with van der Waals surface area (Å²) >= 11 is 5.84. The highest BCUT2D eigenvalue weighted by molar-refractivity contribution is 6.30. The summed E-state index contributed by atoms with van der Waals surface area (Å²) in [6, 6.07) is 9.12. The van der Waals surface area contributed by atoms with Gasteiger partial charge in [0.25, 0.3) is 11.5 Å². The van der Waals surface area contributed by atoms with Crippen LogP contribution in [0.15, 0.2) is 41.3 Å². The molecule has 1 aromatic heterocycles. The zero-order chi connectivity index (χ0) is 17.4. The molecule has 1 aromatic carbocycles. The van der Waals surface area contributed by atoms with Gasteiger partial charge in [-0.05, 0) is 37.8 Å². The highest BCUT2D eigenvalue weighted by Crippen LogP contribution is 2.47. The van der Waals surface area contributed by atoms with Gasteiger partial charge in [0.2, 0.25) is 0 Å². The second kappa shape index (κ2) is 6.23. The van der Waals surface area contributed by atoms with Gasteiger partial charge < -0.3 is 15.0 Å². The molecule has 2 aliphatic rings. The van der Waals surface area contributed by atoms with E-state index in [4.69, 9.17) is 16.3 Å². The van der Waals surface area contributed by atoms with E-state index in [2.05, 4.69) is 10.3 Å². The molecule has 0 radical (unpaired) electrons. The van der Waals surface area contributed by atoms with E-state index in [1.54, 1.807) is 0 Å². The van der Waals surface area contributed by atoms with Crippen molar-refractivity contribution in [3.63, 3.8) is 0 Å². The van der Waals surface area contributed by atoms with Crippen molar-refractivity contribution in [3.8, 4) is 5.75 Å². The van der Waals surface area contributed by atoms with Crippen molar-refractivity contribution < 1.29 is 9.53 Å². The Morgan fingerprint density at radius 3 is 2.80 bits per heavy atom. The van der Waals surface area contributed by atoms with Crippen LogP contribution in [0.4, 0.5) is 0 Å². The molecule has 1 amide bonds. The summed E-state index contributed by atoms with van der Waals surface area (Å²) < 4.78 is 6.31. The molecule has 1 aliphatic heterocycles. The number of hydrogen-bond acceptors (Lipinski definition) is 3. The van der Waals surface area contributed by atoms with Gasteiger partial charge in [0.05, 0.1) is 11.6 Å². The normalized spacial score (nSPS) is 20.8. The fraction of sp³-hybridized carbons (Fsp3) is 0.368. The maximum absolute atomic E-state index is 12.7. The van der Waals surface area contributed by atoms with Crippen molar-refractivity contribution in [2.24, 2.45) is 0 Å². The van der Waals surface area contributed by atoms with Crippen LogP contribution < -0.4 is 15.6 Å². The molecule has 6 heteroatoms. The first kappa shape index (κ1) is 16.2. The third kappa shape index (κ3) is 3.04. The van der Waals surface area contributed by atoms with Gasteiger partial charge in [-0.2, -0.15) is 0 Å². The molecule has 25 heavy (non-hydrogen) atoms. The fourth-order valence-electron chi connectivity index (χ4n) is 3.90. The Morgan fingerprint density at radius 1 is 1.28 bits per heavy atom. The van der Waals surface area contributed by atoms with E-state index in [-0.39, 0.29) is 22.6 Å². The standard InChI is InChI=1S/C19H19ClN2O3/c20-14-9-12(11-21-18(14)24)17(23)22-15-10-19(7-3-4-8-19)25-16-6-2-1-5-13(15)16/h1-2,5-6,9,11,15H,3-4,7-8,10H2,(H,21,24)(H,22,23). The molecule has 4 rings (SSSR count). The van der Waals surface area contributed by atoms with Crippen molar-refractivity contribution >= 4 is 17.5 Å². The summed E-state index contributed by atoms with van der Waals surface area (Å²) in [6.07, 6.45) is 6.47. The predicted octanol–water partition coefficient (Wildman–Crippen LogP) is 3.59. The Kier molecular flexibility index (Phi) is 4.04. The van der Waals surface area contributed by atoms with E-state index < -0.39 is 5.56 Å². The average molecular weight is 359 g/mol. The predicted molar refractivity (Wildman–Crippen MR) is 95.2 cm³/mol. The Bertz CT molecular complexity index is 871. The number of ether oxygens (including phenoxy) is 1. The Morgan fingerprint density at radius 2 is 2.04 bits per heavy atom. The Labute approximate surface area is 150 Å². The number of rotatable bonds is 2. The number of benzene rings is 1. The largest absolute Gasteiger partial charge is 0.487 e. The summed E-state index contributed by atoms with van der Waals surface area (Å²) in [5.41, 5.74) is 0.743. The minimum absolute atomic E-state index is 0.00675. The van der Waals surface area contributed by atoms with E-state index in [1.165, 1.54) is 12.3 Å². The molecule has 1 aliphatic carbocycles. The molecule has 2 heterocycles. The molecule has 1 unspecified atom stereocenters. The summed E-state index contributed by atoms with van der Waals surface area (Å²) in [5.74, 6) is 0.591. The molecule has 1 atom stereocenters. The first-order valence-electron chi connectivity index (χ1n) is 8.53. The van der Waals surface area contributed by atoms with Crippen LogP contribution in [0, 0.1) is 0 Å². The number of aromatic nitrogens is 1. The van der Waals surface area contributed by atoms with E-state index in [0.717, 1.165) is 43.4 Å². The number of carbonyl (C=O) groups excluding carboxylic acids is 1. The molecule has 1 fully saturated rings. The maximum Gasteiger partial charge on any atom is 0.266 e. The van der Waals surface area contributed by atoms with Crippen molar-refractivity contribution in [2.75, 3.05) is 0 Å². The lowest BCUT2D eigenvalue weighted by molar-refractivity contribution is 0.0360. The van der Waals surface area contributed by atoms with Crippen molar-refractivity contribution in [1.82, 2.24) is 10.3 Å². The fourth-order valence-corrected chi connectivity index (χ4v) is 4.07. The van der Waals surface area contributed by atoms with Crippen LogP contribution in [0.5, 0.6) is 5.75 Å². The average Bonchev–Trinajstić information content (AvgIpc) is 3.04. The smallest absolute Gasteiger partial charge is 0.266 e. The van der Waals surface area contributed by atoms with Gasteiger partial charge >= 0.3 is 0 Å². The molecule has 0 bridgehead atoms. The number of fused-ring (bicyclic) bond motifs is 1. The second-order valence-electron chi connectivity index (χ2n) is 6.83. The molecule has 5 nitrogen and oxygen atoms in total.